The summed E-state index contributed by atoms with van der Waals surface area (Å²) in [4.78, 5) is 14.1. The molecule has 0 bridgehead atoms. The molecule has 0 saturated heterocycles. The van der Waals surface area contributed by atoms with Crippen LogP contribution in [0.2, 0.25) is 0 Å². The molecule has 5 nitrogen and oxygen atoms in total. The summed E-state index contributed by atoms with van der Waals surface area (Å²) in [5.41, 5.74) is 10.5. The fraction of sp³-hybridized carbons (Fsp3) is 0.353. The average molecular weight is 358 g/mol. The number of hydrogen-bond acceptors (Lipinski definition) is 7. The fourth-order valence-electron chi connectivity index (χ4n) is 2.75. The van der Waals surface area contributed by atoms with Crippen LogP contribution in [-0.4, -0.2) is 34.4 Å². The van der Waals surface area contributed by atoms with E-state index in [4.69, 9.17) is 15.5 Å². The number of thiophene rings is 1. The van der Waals surface area contributed by atoms with Crippen molar-refractivity contribution in [2.24, 2.45) is 0 Å². The quantitative estimate of drug-likeness (QED) is 0.531. The van der Waals surface area contributed by atoms with E-state index >= 15 is 0 Å². The third kappa shape index (κ3) is 2.99. The first-order valence-electron chi connectivity index (χ1n) is 7.88. The summed E-state index contributed by atoms with van der Waals surface area (Å²) in [6.07, 6.45) is 7.61. The number of hydrogen-bond donors (Lipinski definition) is 1. The van der Waals surface area contributed by atoms with Crippen LogP contribution < -0.4 is 5.73 Å². The molecule has 0 aliphatic heterocycles. The molecule has 1 fully saturated rings. The number of rotatable bonds is 6. The first-order valence-corrected chi connectivity index (χ1v) is 9.68. The summed E-state index contributed by atoms with van der Waals surface area (Å²) in [7, 11) is 1.72. The van der Waals surface area contributed by atoms with Gasteiger partial charge in [0, 0.05) is 36.2 Å². The number of fused-ring (bicyclic) bond motifs is 1. The summed E-state index contributed by atoms with van der Waals surface area (Å²) in [5, 5.41) is 1.14. The highest BCUT2D eigenvalue weighted by molar-refractivity contribution is 8.01. The molecule has 124 valence electrons. The molecule has 24 heavy (non-hydrogen) atoms. The number of nitrogen functional groups attached to an aromatic ring is 1. The third-order valence-electron chi connectivity index (χ3n) is 4.09. The van der Waals surface area contributed by atoms with E-state index in [1.165, 1.54) is 24.7 Å². The highest BCUT2D eigenvalue weighted by Crippen LogP contribution is 2.49. The molecule has 7 heteroatoms. The van der Waals surface area contributed by atoms with Crippen molar-refractivity contribution in [3.05, 3.63) is 30.4 Å². The van der Waals surface area contributed by atoms with Crippen molar-refractivity contribution in [3.8, 4) is 11.3 Å². The first-order chi connectivity index (χ1) is 11.8. The lowest BCUT2D eigenvalue weighted by molar-refractivity contribution is 0.218. The monoisotopic (exact) mass is 358 g/mol. The number of ether oxygens (including phenoxy) is 1. The highest BCUT2D eigenvalue weighted by Gasteiger charge is 2.29. The number of nitrogens with two attached hydrogens (primary N) is 1. The van der Waals surface area contributed by atoms with Gasteiger partial charge >= 0.3 is 0 Å². The highest BCUT2D eigenvalue weighted by atomic mass is 32.2. The lowest BCUT2D eigenvalue weighted by Gasteiger charge is -2.07. The lowest BCUT2D eigenvalue weighted by atomic mass is 10.0. The molecule has 0 spiro atoms. The molecule has 2 N–H and O–H groups in total. The zero-order chi connectivity index (χ0) is 16.5. The molecule has 1 aliphatic carbocycles. The minimum Gasteiger partial charge on any atom is -0.397 e. The molecule has 0 aromatic carbocycles. The van der Waals surface area contributed by atoms with Gasteiger partial charge < -0.3 is 10.5 Å². The predicted octanol–water partition coefficient (Wildman–Crippen LogP) is 3.95. The molecule has 1 aliphatic rings. The van der Waals surface area contributed by atoms with Crippen LogP contribution in [0, 0.1) is 0 Å². The average Bonchev–Trinajstić information content (AvgIpc) is 3.41. The zero-order valence-electron chi connectivity index (χ0n) is 13.4. The van der Waals surface area contributed by atoms with E-state index in [2.05, 4.69) is 16.0 Å². The van der Waals surface area contributed by atoms with Gasteiger partial charge in [-0.1, -0.05) is 0 Å². The Labute approximate surface area is 148 Å². The second-order valence-electron chi connectivity index (χ2n) is 5.82. The zero-order valence-corrected chi connectivity index (χ0v) is 15.0. The molecule has 0 amide bonds. The van der Waals surface area contributed by atoms with Crippen LogP contribution in [0.5, 0.6) is 0 Å². The van der Waals surface area contributed by atoms with Gasteiger partial charge in [-0.15, -0.1) is 23.1 Å². The number of methoxy groups -OCH3 is 1. The number of aromatic nitrogens is 3. The largest absolute Gasteiger partial charge is 0.397 e. The number of anilines is 1. The van der Waals surface area contributed by atoms with Gasteiger partial charge in [0.15, 0.2) is 0 Å². The topological polar surface area (TPSA) is 73.9 Å². The van der Waals surface area contributed by atoms with E-state index in [1.807, 2.05) is 12.4 Å². The van der Waals surface area contributed by atoms with Crippen LogP contribution in [0.4, 0.5) is 5.69 Å². The van der Waals surface area contributed by atoms with Crippen molar-refractivity contribution < 1.29 is 4.74 Å². The van der Waals surface area contributed by atoms with E-state index in [9.17, 15) is 0 Å². The molecular weight excluding hydrogens is 340 g/mol. The molecule has 0 unspecified atom stereocenters. The normalized spacial score (nSPS) is 14.4. The number of nitrogens with zero attached hydrogens (tertiary/aromatic N) is 3. The Hall–Kier alpha value is -1.70. The van der Waals surface area contributed by atoms with Crippen molar-refractivity contribution in [1.29, 1.82) is 0 Å². The van der Waals surface area contributed by atoms with Gasteiger partial charge in [-0.25, -0.2) is 15.0 Å². The number of thioether (sulfide) groups is 1. The Morgan fingerprint density at radius 3 is 2.83 bits per heavy atom. The van der Waals surface area contributed by atoms with Crippen molar-refractivity contribution >= 4 is 39.0 Å². The summed E-state index contributed by atoms with van der Waals surface area (Å²) in [6, 6.07) is 2.17. The van der Waals surface area contributed by atoms with Crippen LogP contribution >= 0.6 is 23.1 Å². The summed E-state index contributed by atoms with van der Waals surface area (Å²) >= 11 is 3.42. The van der Waals surface area contributed by atoms with Gasteiger partial charge in [0.2, 0.25) is 0 Å². The molecule has 3 heterocycles. The van der Waals surface area contributed by atoms with E-state index < -0.39 is 0 Å². The van der Waals surface area contributed by atoms with Crippen LogP contribution in [0.25, 0.3) is 21.5 Å². The van der Waals surface area contributed by atoms with Gasteiger partial charge in [-0.05, 0) is 30.4 Å². The molecule has 3 aromatic rings. The maximum Gasteiger partial charge on any atom is 0.127 e. The Bertz CT molecular complexity index is 862. The summed E-state index contributed by atoms with van der Waals surface area (Å²) in [6.45, 7) is 0.716. The van der Waals surface area contributed by atoms with Gasteiger partial charge in [-0.2, -0.15) is 0 Å². The SMILES string of the molecule is COCCSc1sc2nc(-c3cncnc3)cc(C3CC3)c2c1N. The van der Waals surface area contributed by atoms with Crippen molar-refractivity contribution in [2.45, 2.75) is 23.0 Å². The van der Waals surface area contributed by atoms with E-state index in [-0.39, 0.29) is 0 Å². The van der Waals surface area contributed by atoms with Crippen molar-refractivity contribution in [3.63, 3.8) is 0 Å². The van der Waals surface area contributed by atoms with Gasteiger partial charge in [0.1, 0.15) is 11.2 Å². The van der Waals surface area contributed by atoms with E-state index in [0.717, 1.165) is 37.1 Å². The molecular formula is C17H18N4OS2. The molecule has 1 saturated carbocycles. The van der Waals surface area contributed by atoms with Gasteiger partial charge in [0.25, 0.3) is 0 Å². The molecule has 0 atom stereocenters. The Morgan fingerprint density at radius 1 is 1.33 bits per heavy atom. The lowest BCUT2D eigenvalue weighted by Crippen LogP contribution is -1.94. The molecule has 0 radical (unpaired) electrons. The minimum absolute atomic E-state index is 0.604. The van der Waals surface area contributed by atoms with Crippen LogP contribution in [0.1, 0.15) is 24.3 Å². The fourth-order valence-corrected chi connectivity index (χ4v) is 5.03. The maximum absolute atomic E-state index is 6.46. The Morgan fingerprint density at radius 2 is 2.12 bits per heavy atom. The van der Waals surface area contributed by atoms with E-state index in [0.29, 0.717) is 12.5 Å². The minimum atomic E-state index is 0.604. The smallest absolute Gasteiger partial charge is 0.127 e. The van der Waals surface area contributed by atoms with Crippen molar-refractivity contribution in [2.75, 3.05) is 25.2 Å². The summed E-state index contributed by atoms with van der Waals surface area (Å²) < 4.78 is 6.28. The molecule has 4 rings (SSSR count). The van der Waals surface area contributed by atoms with Crippen LogP contribution in [-0.2, 0) is 4.74 Å². The predicted molar refractivity (Wildman–Crippen MR) is 99.6 cm³/mol. The third-order valence-corrected chi connectivity index (χ3v) is 6.44. The van der Waals surface area contributed by atoms with Gasteiger partial charge in [-0.3, -0.25) is 0 Å². The standard InChI is InChI=1S/C17H18N4OS2/c1-22-4-5-23-17-15(18)14-12(10-2-3-10)6-13(21-16(14)24-17)11-7-19-9-20-8-11/h6-10H,2-5,18H2,1H3. The van der Waals surface area contributed by atoms with Crippen molar-refractivity contribution in [1.82, 2.24) is 15.0 Å². The maximum atomic E-state index is 6.46. The van der Waals surface area contributed by atoms with E-state index in [1.54, 1.807) is 30.2 Å². The summed E-state index contributed by atoms with van der Waals surface area (Å²) in [5.74, 6) is 1.50. The molecule has 3 aromatic heterocycles. The first kappa shape index (κ1) is 15.8. The second-order valence-corrected chi connectivity index (χ2v) is 8.19. The van der Waals surface area contributed by atoms with Crippen LogP contribution in [0.15, 0.2) is 29.0 Å². The Kier molecular flexibility index (Phi) is 4.39. The Balaban J connectivity index is 1.81. The number of pyridine rings is 1. The van der Waals surface area contributed by atoms with Gasteiger partial charge in [0.05, 0.1) is 22.2 Å². The second kappa shape index (κ2) is 6.66. The van der Waals surface area contributed by atoms with Crippen LogP contribution in [0.3, 0.4) is 0 Å².